The highest BCUT2D eigenvalue weighted by Gasteiger charge is 2.52. The molecule has 2 saturated heterocycles. The summed E-state index contributed by atoms with van der Waals surface area (Å²) >= 11 is 1.22. The number of hydrazine groups is 1. The minimum absolute atomic E-state index is 0.0261. The molecule has 1 aromatic carbocycles. The van der Waals surface area contributed by atoms with Crippen molar-refractivity contribution in [1.29, 1.82) is 0 Å². The number of rotatable bonds is 6. The zero-order chi connectivity index (χ0) is 19.7. The van der Waals surface area contributed by atoms with Crippen LogP contribution in [0.5, 0.6) is 0 Å². The molecule has 0 radical (unpaired) electrons. The number of thioether (sulfide) groups is 1. The van der Waals surface area contributed by atoms with Crippen LogP contribution in [-0.2, 0) is 25.0 Å². The molecule has 0 aromatic heterocycles. The summed E-state index contributed by atoms with van der Waals surface area (Å²) in [5, 5.41) is 3.26. The Bertz CT molecular complexity index is 859. The molecule has 27 heavy (non-hydrogen) atoms. The highest BCUT2D eigenvalue weighted by atomic mass is 32.2. The molecule has 2 atom stereocenters. The molecule has 0 aliphatic carbocycles. The molecule has 2 aliphatic heterocycles. The van der Waals surface area contributed by atoms with Gasteiger partial charge in [0.05, 0.1) is 17.3 Å². The summed E-state index contributed by atoms with van der Waals surface area (Å²) in [6.07, 6.45) is 0.846. The molecule has 8 nitrogen and oxygen atoms in total. The lowest BCUT2D eigenvalue weighted by molar-refractivity contribution is -0.138. The van der Waals surface area contributed by atoms with Crippen molar-refractivity contribution in [3.05, 3.63) is 35.9 Å². The molecule has 4 amide bonds. The fourth-order valence-corrected chi connectivity index (χ4v) is 6.72. The van der Waals surface area contributed by atoms with Crippen LogP contribution in [0.3, 0.4) is 0 Å². The van der Waals surface area contributed by atoms with Gasteiger partial charge in [0.25, 0.3) is 5.91 Å². The number of carbonyl (C=O) groups excluding carboxylic acids is 3. The number of nitrogens with one attached hydrogen (secondary N) is 2. The van der Waals surface area contributed by atoms with Crippen molar-refractivity contribution in [2.75, 3.05) is 17.3 Å². The van der Waals surface area contributed by atoms with Gasteiger partial charge in [-0.05, 0) is 18.4 Å². The van der Waals surface area contributed by atoms with Crippen LogP contribution in [0.15, 0.2) is 30.3 Å². The highest BCUT2D eigenvalue weighted by Crippen LogP contribution is 2.31. The number of amides is 4. The van der Waals surface area contributed by atoms with Gasteiger partial charge in [-0.1, -0.05) is 37.3 Å². The molecule has 0 saturated carbocycles. The SMILES string of the molecule is CC[C@@]1(c2ccccc2)NC(=O)N(NC(=O)CS[C@H]2CCS(=O)(=O)C2)C1=O. The van der Waals surface area contributed by atoms with Gasteiger partial charge in [0.1, 0.15) is 5.54 Å². The number of sulfone groups is 1. The van der Waals surface area contributed by atoms with Crippen LogP contribution in [0.1, 0.15) is 25.3 Å². The maximum Gasteiger partial charge on any atom is 0.344 e. The average molecular weight is 412 g/mol. The van der Waals surface area contributed by atoms with Gasteiger partial charge in [0.15, 0.2) is 9.84 Å². The summed E-state index contributed by atoms with van der Waals surface area (Å²) in [5.41, 5.74) is 1.78. The topological polar surface area (TPSA) is 113 Å². The normalized spacial score (nSPS) is 26.9. The number of nitrogens with zero attached hydrogens (tertiary/aromatic N) is 1. The van der Waals surface area contributed by atoms with Crippen LogP contribution in [0.4, 0.5) is 4.79 Å². The van der Waals surface area contributed by atoms with Crippen LogP contribution in [0.2, 0.25) is 0 Å². The highest BCUT2D eigenvalue weighted by molar-refractivity contribution is 8.02. The molecule has 10 heteroatoms. The van der Waals surface area contributed by atoms with Gasteiger partial charge in [-0.15, -0.1) is 11.8 Å². The van der Waals surface area contributed by atoms with Crippen molar-refractivity contribution in [3.63, 3.8) is 0 Å². The Morgan fingerprint density at radius 1 is 1.33 bits per heavy atom. The molecule has 0 spiro atoms. The Kier molecular flexibility index (Phi) is 5.48. The van der Waals surface area contributed by atoms with E-state index in [1.54, 1.807) is 31.2 Å². The van der Waals surface area contributed by atoms with E-state index in [2.05, 4.69) is 10.7 Å². The summed E-state index contributed by atoms with van der Waals surface area (Å²) in [5.74, 6) is -0.895. The molecular formula is C17H21N3O5S2. The summed E-state index contributed by atoms with van der Waals surface area (Å²) < 4.78 is 22.9. The summed E-state index contributed by atoms with van der Waals surface area (Å²) in [6.45, 7) is 1.78. The Morgan fingerprint density at radius 2 is 2.04 bits per heavy atom. The molecular weight excluding hydrogens is 390 g/mol. The Morgan fingerprint density at radius 3 is 2.63 bits per heavy atom. The van der Waals surface area contributed by atoms with Crippen LogP contribution in [0.25, 0.3) is 0 Å². The molecule has 2 N–H and O–H groups in total. The van der Waals surface area contributed by atoms with E-state index in [0.29, 0.717) is 23.4 Å². The van der Waals surface area contributed by atoms with Gasteiger partial charge in [-0.25, -0.2) is 13.2 Å². The average Bonchev–Trinajstić information content (AvgIpc) is 3.12. The first-order chi connectivity index (χ1) is 12.8. The van der Waals surface area contributed by atoms with Crippen molar-refractivity contribution < 1.29 is 22.8 Å². The monoisotopic (exact) mass is 411 g/mol. The minimum Gasteiger partial charge on any atom is -0.318 e. The molecule has 0 bridgehead atoms. The quantitative estimate of drug-likeness (QED) is 0.670. The number of urea groups is 1. The number of hydrogen-bond acceptors (Lipinski definition) is 6. The van der Waals surface area contributed by atoms with Crippen LogP contribution < -0.4 is 10.7 Å². The van der Waals surface area contributed by atoms with Crippen molar-refractivity contribution in [3.8, 4) is 0 Å². The van der Waals surface area contributed by atoms with Crippen molar-refractivity contribution in [2.24, 2.45) is 0 Å². The van der Waals surface area contributed by atoms with Gasteiger partial charge in [0, 0.05) is 5.25 Å². The van der Waals surface area contributed by atoms with E-state index >= 15 is 0 Å². The summed E-state index contributed by atoms with van der Waals surface area (Å²) in [6, 6.07) is 8.19. The van der Waals surface area contributed by atoms with Crippen molar-refractivity contribution >= 4 is 39.4 Å². The van der Waals surface area contributed by atoms with Gasteiger partial charge >= 0.3 is 6.03 Å². The number of imide groups is 1. The maximum absolute atomic E-state index is 12.9. The van der Waals surface area contributed by atoms with Gasteiger partial charge in [0.2, 0.25) is 5.91 Å². The standard InChI is InChI=1S/C17H21N3O5S2/c1-2-17(12-6-4-3-5-7-12)15(22)20(16(23)18-17)19-14(21)10-26-13-8-9-27(24,25)11-13/h3-7,13H,2,8-11H2,1H3,(H,18,23)(H,19,21)/t13-,17-/m0/s1. The smallest absolute Gasteiger partial charge is 0.318 e. The van der Waals surface area contributed by atoms with Crippen LogP contribution >= 0.6 is 11.8 Å². The lowest BCUT2D eigenvalue weighted by atomic mass is 9.87. The summed E-state index contributed by atoms with van der Waals surface area (Å²) in [7, 11) is -3.01. The van der Waals surface area contributed by atoms with E-state index in [1.807, 2.05) is 6.07 Å². The van der Waals surface area contributed by atoms with E-state index in [0.717, 1.165) is 0 Å². The third kappa shape index (κ3) is 3.96. The molecule has 0 unspecified atom stereocenters. The van der Waals surface area contributed by atoms with E-state index in [4.69, 9.17) is 0 Å². The van der Waals surface area contributed by atoms with Crippen LogP contribution in [-0.4, -0.2) is 53.8 Å². The molecule has 1 aromatic rings. The number of carbonyl (C=O) groups is 3. The van der Waals surface area contributed by atoms with Crippen molar-refractivity contribution in [2.45, 2.75) is 30.6 Å². The first kappa shape index (κ1) is 19.7. The predicted molar refractivity (Wildman–Crippen MR) is 101 cm³/mol. The number of benzene rings is 1. The Hall–Kier alpha value is -2.07. The van der Waals surface area contributed by atoms with E-state index in [1.165, 1.54) is 11.8 Å². The second kappa shape index (κ2) is 7.51. The Balaban J connectivity index is 1.64. The van der Waals surface area contributed by atoms with Crippen LogP contribution in [0, 0.1) is 0 Å². The van der Waals surface area contributed by atoms with Crippen molar-refractivity contribution in [1.82, 2.24) is 15.8 Å². The molecule has 2 aliphatic rings. The fourth-order valence-electron chi connectivity index (χ4n) is 3.28. The molecule has 2 fully saturated rings. The Labute approximate surface area is 161 Å². The van der Waals surface area contributed by atoms with Gasteiger partial charge in [-0.3, -0.25) is 15.0 Å². The molecule has 146 valence electrons. The second-order valence-corrected chi connectivity index (χ2v) is 10.1. The summed E-state index contributed by atoms with van der Waals surface area (Å²) in [4.78, 5) is 37.4. The zero-order valence-corrected chi connectivity index (χ0v) is 16.4. The maximum atomic E-state index is 12.9. The lowest BCUT2D eigenvalue weighted by Crippen LogP contribution is -2.49. The number of hydrogen-bond donors (Lipinski definition) is 2. The van der Waals surface area contributed by atoms with Gasteiger partial charge in [-0.2, -0.15) is 5.01 Å². The fraction of sp³-hybridized carbons (Fsp3) is 0.471. The minimum atomic E-state index is -3.01. The van der Waals surface area contributed by atoms with Gasteiger partial charge < -0.3 is 5.32 Å². The second-order valence-electron chi connectivity index (χ2n) is 6.57. The first-order valence-corrected chi connectivity index (χ1v) is 11.5. The van der Waals surface area contributed by atoms with E-state index in [9.17, 15) is 22.8 Å². The third-order valence-electron chi connectivity index (χ3n) is 4.77. The molecule has 3 rings (SSSR count). The largest absolute Gasteiger partial charge is 0.344 e. The van der Waals surface area contributed by atoms with E-state index in [-0.39, 0.29) is 22.5 Å². The zero-order valence-electron chi connectivity index (χ0n) is 14.8. The van der Waals surface area contributed by atoms with E-state index < -0.39 is 33.2 Å². The first-order valence-electron chi connectivity index (χ1n) is 8.61. The third-order valence-corrected chi connectivity index (χ3v) is 8.05. The molecule has 2 heterocycles. The predicted octanol–water partition coefficient (Wildman–Crippen LogP) is 0.795. The lowest BCUT2D eigenvalue weighted by Gasteiger charge is -2.25.